The van der Waals surface area contributed by atoms with Gasteiger partial charge in [-0.1, -0.05) is 13.2 Å². The molecule has 11 heteroatoms. The summed E-state index contributed by atoms with van der Waals surface area (Å²) in [4.78, 5) is 34.3. The third-order valence-corrected chi connectivity index (χ3v) is 2.63. The molecule has 9 nitrogen and oxygen atoms in total. The molecule has 0 aromatic carbocycles. The Hall–Kier alpha value is -1.60. The minimum absolute atomic E-state index is 0. The normalized spacial score (nSPS) is 10.3. The van der Waals surface area contributed by atoms with E-state index in [2.05, 4.69) is 17.9 Å². The van der Waals surface area contributed by atoms with E-state index >= 15 is 0 Å². The van der Waals surface area contributed by atoms with Crippen molar-refractivity contribution in [1.29, 1.82) is 0 Å². The molecule has 0 radical (unpaired) electrons. The van der Waals surface area contributed by atoms with E-state index in [-0.39, 0.29) is 30.0 Å². The summed E-state index contributed by atoms with van der Waals surface area (Å²) in [5.74, 6) is -5.26. The third kappa shape index (κ3) is 11.0. The average molecular weight is 358 g/mol. The molecule has 24 heavy (non-hydrogen) atoms. The van der Waals surface area contributed by atoms with E-state index in [0.29, 0.717) is 0 Å². The van der Waals surface area contributed by atoms with Gasteiger partial charge in [-0.2, -0.15) is 8.42 Å². The zero-order valence-electron chi connectivity index (χ0n) is 12.7. The molecular formula is C13H19LiO9S. The van der Waals surface area contributed by atoms with Crippen LogP contribution in [0.5, 0.6) is 0 Å². The molecule has 1 N–H and O–H groups in total. The molecule has 0 amide bonds. The number of hydrogen-bond acceptors (Lipinski definition) is 8. The van der Waals surface area contributed by atoms with Crippen molar-refractivity contribution in [2.45, 2.75) is 13.8 Å². The van der Waals surface area contributed by atoms with Gasteiger partial charge in [0, 0.05) is 11.1 Å². The Balaban J connectivity index is 0. The van der Waals surface area contributed by atoms with Gasteiger partial charge in [0.1, 0.15) is 19.1 Å². The second-order valence-corrected chi connectivity index (χ2v) is 6.02. The number of rotatable bonds is 9. The van der Waals surface area contributed by atoms with Crippen molar-refractivity contribution in [1.82, 2.24) is 0 Å². The van der Waals surface area contributed by atoms with Gasteiger partial charge in [-0.05, 0) is 13.8 Å². The molecule has 0 heterocycles. The van der Waals surface area contributed by atoms with E-state index in [0.717, 1.165) is 0 Å². The van der Waals surface area contributed by atoms with Crippen LogP contribution in [0.2, 0.25) is 0 Å². The van der Waals surface area contributed by atoms with E-state index in [1.807, 2.05) is 0 Å². The van der Waals surface area contributed by atoms with E-state index < -0.39 is 53.1 Å². The van der Waals surface area contributed by atoms with E-state index in [1.165, 1.54) is 13.8 Å². The summed E-state index contributed by atoms with van der Waals surface area (Å²) in [5.41, 5.74) is 0.156. The summed E-state index contributed by atoms with van der Waals surface area (Å²) >= 11 is 0. The van der Waals surface area contributed by atoms with Gasteiger partial charge < -0.3 is 14.2 Å². The van der Waals surface area contributed by atoms with E-state index in [4.69, 9.17) is 14.0 Å². The first-order chi connectivity index (χ1) is 10.4. The van der Waals surface area contributed by atoms with Crippen molar-refractivity contribution in [3.8, 4) is 0 Å². The van der Waals surface area contributed by atoms with Gasteiger partial charge in [-0.25, -0.2) is 9.59 Å². The second-order valence-electron chi connectivity index (χ2n) is 4.62. The summed E-state index contributed by atoms with van der Waals surface area (Å²) in [7, 11) is -4.53. The van der Waals surface area contributed by atoms with Crippen LogP contribution in [0.4, 0.5) is 0 Å². The summed E-state index contributed by atoms with van der Waals surface area (Å²) in [6.07, 6.45) is 0. The molecule has 0 rings (SSSR count). The number of carbonyl (C=O) groups is 3. The summed E-state index contributed by atoms with van der Waals surface area (Å²) in [6, 6.07) is 0. The predicted octanol–water partition coefficient (Wildman–Crippen LogP) is -0.419. The molecular weight excluding hydrogens is 339 g/mol. The average Bonchev–Trinajstić information content (AvgIpc) is 2.42. The van der Waals surface area contributed by atoms with Crippen LogP contribution >= 0.6 is 0 Å². The maximum atomic E-state index is 11.7. The summed E-state index contributed by atoms with van der Waals surface area (Å²) < 4.78 is 43.5. The fourth-order valence-electron chi connectivity index (χ4n) is 1.03. The quantitative estimate of drug-likeness (QED) is 0.192. The molecule has 0 aliphatic rings. The van der Waals surface area contributed by atoms with Crippen molar-refractivity contribution in [2.75, 3.05) is 19.2 Å². The van der Waals surface area contributed by atoms with Gasteiger partial charge in [0.2, 0.25) is 5.94 Å². The van der Waals surface area contributed by atoms with Crippen molar-refractivity contribution in [2.24, 2.45) is 5.92 Å². The van der Waals surface area contributed by atoms with Crippen LogP contribution in [0.25, 0.3) is 0 Å². The Bertz CT molecular complexity index is 579. The predicted molar refractivity (Wildman–Crippen MR) is 84.7 cm³/mol. The third-order valence-electron chi connectivity index (χ3n) is 2.21. The molecule has 0 aliphatic heterocycles. The van der Waals surface area contributed by atoms with Crippen LogP contribution in [0.3, 0.4) is 0 Å². The van der Waals surface area contributed by atoms with Gasteiger partial charge in [-0.15, -0.1) is 0 Å². The van der Waals surface area contributed by atoms with Crippen molar-refractivity contribution in [3.63, 3.8) is 0 Å². The van der Waals surface area contributed by atoms with Gasteiger partial charge in [0.05, 0.1) is 0 Å². The second kappa shape index (κ2) is 11.0. The zero-order chi connectivity index (χ0) is 18.2. The van der Waals surface area contributed by atoms with E-state index in [9.17, 15) is 22.8 Å². The van der Waals surface area contributed by atoms with Crippen LogP contribution in [-0.4, -0.2) is 68.9 Å². The molecule has 0 aromatic rings. The van der Waals surface area contributed by atoms with Crippen LogP contribution in [0.15, 0.2) is 24.3 Å². The monoisotopic (exact) mass is 358 g/mol. The molecule has 0 aromatic heterocycles. The summed E-state index contributed by atoms with van der Waals surface area (Å²) in [6.45, 7) is 8.40. The first kappa shape index (κ1) is 24.6. The van der Waals surface area contributed by atoms with Crippen molar-refractivity contribution in [3.05, 3.63) is 24.3 Å². The summed E-state index contributed by atoms with van der Waals surface area (Å²) in [5, 5.41) is 0. The number of carbonyl (C=O) groups excluding carboxylic acids is 3. The fourth-order valence-corrected chi connectivity index (χ4v) is 1.30. The van der Waals surface area contributed by atoms with Gasteiger partial charge in [-0.3, -0.25) is 9.35 Å². The van der Waals surface area contributed by atoms with Crippen LogP contribution in [-0.2, 0) is 38.7 Å². The molecule has 0 aliphatic carbocycles. The molecule has 132 valence electrons. The first-order valence-corrected chi connectivity index (χ1v) is 7.82. The van der Waals surface area contributed by atoms with Crippen molar-refractivity contribution >= 4 is 46.9 Å². The molecule has 0 unspecified atom stereocenters. The molecule has 0 fully saturated rings. The Morgan fingerprint density at radius 2 is 1.33 bits per heavy atom. The Morgan fingerprint density at radius 1 is 0.958 bits per heavy atom. The Labute approximate surface area is 151 Å². The maximum absolute atomic E-state index is 11.7. The number of ether oxygens (including phenoxy) is 3. The molecule has 0 spiro atoms. The Morgan fingerprint density at radius 3 is 1.62 bits per heavy atom. The molecule has 0 atom stereocenters. The fraction of sp³-hybridized carbons (Fsp3) is 0.462. The van der Waals surface area contributed by atoms with Gasteiger partial charge in [0.15, 0.2) is 0 Å². The molecule has 0 bridgehead atoms. The Kier molecular flexibility index (Phi) is 11.3. The van der Waals surface area contributed by atoms with Crippen LogP contribution < -0.4 is 0 Å². The first-order valence-electron chi connectivity index (χ1n) is 6.21. The topological polar surface area (TPSA) is 133 Å². The number of esters is 3. The van der Waals surface area contributed by atoms with Crippen LogP contribution in [0.1, 0.15) is 13.8 Å². The van der Waals surface area contributed by atoms with Crippen molar-refractivity contribution < 1.29 is 41.6 Å². The minimum atomic E-state index is -4.53. The zero-order valence-corrected chi connectivity index (χ0v) is 13.6. The van der Waals surface area contributed by atoms with Crippen LogP contribution in [0, 0.1) is 5.92 Å². The SMILES string of the molecule is C=C(C)C(=O)OCC(COC(=O)C(=C)C)C(=O)OCS(=O)(=O)O.[LiH]. The van der Waals surface area contributed by atoms with Gasteiger partial charge in [0.25, 0.3) is 0 Å². The molecule has 0 saturated carbocycles. The standard InChI is InChI=1S/C13H18O9S.Li.H/c1-8(2)11(14)20-5-10(6-21-12(15)9(3)4)13(16)22-7-23(17,18)19;;/h10H,1,3,5-7H2,2,4H3,(H,17,18,19);;. The van der Waals surface area contributed by atoms with Gasteiger partial charge >= 0.3 is 46.9 Å². The number of hydrogen-bond donors (Lipinski definition) is 1. The van der Waals surface area contributed by atoms with E-state index in [1.54, 1.807) is 0 Å². The molecule has 0 saturated heterocycles.